The lowest BCUT2D eigenvalue weighted by Gasteiger charge is -2.59. The maximum Gasteiger partial charge on any atom is 0.314 e. The molecule has 3 N–H and O–H groups in total. The summed E-state index contributed by atoms with van der Waals surface area (Å²) in [6.07, 6.45) is 8.58. The van der Waals surface area contributed by atoms with Crippen LogP contribution in [0.5, 0.6) is 0 Å². The van der Waals surface area contributed by atoms with E-state index in [1.54, 1.807) is 7.05 Å². The third-order valence-corrected chi connectivity index (χ3v) is 9.17. The number of aliphatic carboxylic acids is 1. The normalized spacial score (nSPS) is 42.1. The van der Waals surface area contributed by atoms with E-state index < -0.39 is 5.97 Å². The van der Waals surface area contributed by atoms with Crippen molar-refractivity contribution in [3.8, 4) is 0 Å². The number of ketones is 1. The van der Waals surface area contributed by atoms with Gasteiger partial charge in [0.05, 0.1) is 6.10 Å². The molecule has 3 fully saturated rings. The van der Waals surface area contributed by atoms with Crippen molar-refractivity contribution in [2.75, 3.05) is 7.05 Å². The molecule has 2 unspecified atom stereocenters. The molecular formula is C25H38N2O5. The van der Waals surface area contributed by atoms with Gasteiger partial charge in [-0.25, -0.2) is 4.79 Å². The fourth-order valence-electron chi connectivity index (χ4n) is 7.63. The van der Waals surface area contributed by atoms with E-state index in [1.165, 1.54) is 0 Å². The molecule has 2 amide bonds. The van der Waals surface area contributed by atoms with Crippen LogP contribution >= 0.6 is 0 Å². The van der Waals surface area contributed by atoms with Gasteiger partial charge >= 0.3 is 12.0 Å². The number of urea groups is 1. The second-order valence-electron chi connectivity index (χ2n) is 10.9. The molecule has 0 aromatic carbocycles. The number of fused-ring (bicyclic) bond motifs is 1. The number of ether oxygens (including phenoxy) is 1. The fraction of sp³-hybridized carbons (Fsp3) is 0.800. The van der Waals surface area contributed by atoms with Crippen LogP contribution in [0.2, 0.25) is 0 Å². The van der Waals surface area contributed by atoms with Gasteiger partial charge in [-0.15, -0.1) is 0 Å². The number of hydrogen-bond donors (Lipinski definition) is 3. The number of allylic oxidation sites excluding steroid dienone is 1. The third kappa shape index (κ3) is 3.47. The lowest BCUT2D eigenvalue weighted by atomic mass is 9.44. The van der Waals surface area contributed by atoms with E-state index in [-0.39, 0.29) is 52.7 Å². The van der Waals surface area contributed by atoms with Gasteiger partial charge in [-0.05, 0) is 55.9 Å². The zero-order valence-electron chi connectivity index (χ0n) is 19.8. The number of rotatable bonds is 7. The lowest BCUT2D eigenvalue weighted by Crippen LogP contribution is -2.65. The summed E-state index contributed by atoms with van der Waals surface area (Å²) in [7, 11) is 1.62. The van der Waals surface area contributed by atoms with Crippen LogP contribution in [-0.2, 0) is 14.3 Å². The smallest absolute Gasteiger partial charge is 0.314 e. The molecule has 1 saturated heterocycles. The summed E-state index contributed by atoms with van der Waals surface area (Å²) in [5, 5.41) is 15.1. The molecule has 3 aliphatic carbocycles. The summed E-state index contributed by atoms with van der Waals surface area (Å²) >= 11 is 0. The molecule has 0 aromatic heterocycles. The molecule has 32 heavy (non-hydrogen) atoms. The number of carboxylic acids is 1. The van der Waals surface area contributed by atoms with Crippen molar-refractivity contribution in [3.05, 3.63) is 11.6 Å². The summed E-state index contributed by atoms with van der Waals surface area (Å²) in [4.78, 5) is 35.9. The number of nitrogens with one attached hydrogen (secondary N) is 2. The first-order chi connectivity index (χ1) is 15.1. The summed E-state index contributed by atoms with van der Waals surface area (Å²) in [6.45, 7) is 6.76. The Morgan fingerprint density at radius 3 is 2.72 bits per heavy atom. The van der Waals surface area contributed by atoms with Crippen molar-refractivity contribution >= 4 is 17.8 Å². The Balaban J connectivity index is 1.75. The van der Waals surface area contributed by atoms with Crippen LogP contribution in [0.15, 0.2) is 11.6 Å². The minimum atomic E-state index is -0.751. The Labute approximate surface area is 190 Å². The van der Waals surface area contributed by atoms with Gasteiger partial charge in [-0.3, -0.25) is 9.59 Å². The predicted molar refractivity (Wildman–Crippen MR) is 120 cm³/mol. The van der Waals surface area contributed by atoms with Gasteiger partial charge in [0.15, 0.2) is 5.78 Å². The molecule has 7 heteroatoms. The molecule has 4 aliphatic rings. The van der Waals surface area contributed by atoms with Crippen LogP contribution in [0.25, 0.3) is 0 Å². The highest BCUT2D eigenvalue weighted by Crippen LogP contribution is 2.73. The SMILES string of the molecule is CCCC1C2[C@H](NC(=O)NC)CC3=CC(=O)CC[C@]3(C)[C@]23O[C@@H]3C[C@]1(C)CCCC(=O)O. The second-order valence-corrected chi connectivity index (χ2v) is 10.9. The first-order valence-electron chi connectivity index (χ1n) is 12.2. The maximum atomic E-state index is 12.4. The minimum absolute atomic E-state index is 0.0362. The van der Waals surface area contributed by atoms with Gasteiger partial charge in [-0.2, -0.15) is 0 Å². The molecule has 178 valence electrons. The number of carboxylic acid groups (broad SMARTS) is 1. The van der Waals surface area contributed by atoms with Crippen molar-refractivity contribution < 1.29 is 24.2 Å². The van der Waals surface area contributed by atoms with E-state index >= 15 is 0 Å². The number of epoxide rings is 1. The quantitative estimate of drug-likeness (QED) is 0.515. The molecule has 0 bridgehead atoms. The highest BCUT2D eigenvalue weighted by molar-refractivity contribution is 5.92. The fourth-order valence-corrected chi connectivity index (χ4v) is 7.63. The van der Waals surface area contributed by atoms with Gasteiger partial charge in [0.1, 0.15) is 5.60 Å². The molecule has 4 rings (SSSR count). The van der Waals surface area contributed by atoms with Crippen LogP contribution in [0.4, 0.5) is 4.79 Å². The standard InChI is InChI=1S/C25H38N2O5/c1-5-7-17-21-18(27-22(31)26-4)13-15-12-16(28)9-11-24(15,3)25(21)19(32-25)14-23(17,2)10-6-8-20(29)30/h12,17-19,21H,5-11,13-14H2,1-4H3,(H,29,30)(H2,26,27,31)/t17?,18-,19-,21?,23+,24+,25-/m1/s1. The predicted octanol–water partition coefficient (Wildman–Crippen LogP) is 3.82. The summed E-state index contributed by atoms with van der Waals surface area (Å²) < 4.78 is 6.68. The van der Waals surface area contributed by atoms with Crippen molar-refractivity contribution in [2.45, 2.75) is 96.3 Å². The number of carbonyl (C=O) groups is 3. The third-order valence-electron chi connectivity index (χ3n) is 9.17. The van der Waals surface area contributed by atoms with E-state index in [4.69, 9.17) is 4.74 Å². The molecular weight excluding hydrogens is 408 g/mol. The van der Waals surface area contributed by atoms with E-state index in [1.807, 2.05) is 6.08 Å². The Morgan fingerprint density at radius 1 is 1.31 bits per heavy atom. The van der Waals surface area contributed by atoms with Crippen LogP contribution < -0.4 is 10.6 Å². The largest absolute Gasteiger partial charge is 0.481 e. The summed E-state index contributed by atoms with van der Waals surface area (Å²) in [6, 6.07) is -0.317. The monoisotopic (exact) mass is 446 g/mol. The van der Waals surface area contributed by atoms with Crippen molar-refractivity contribution in [1.82, 2.24) is 10.6 Å². The molecule has 0 aromatic rings. The van der Waals surface area contributed by atoms with Crippen LogP contribution in [0, 0.1) is 22.7 Å². The Morgan fingerprint density at radius 2 is 2.06 bits per heavy atom. The zero-order valence-corrected chi connectivity index (χ0v) is 19.8. The van der Waals surface area contributed by atoms with Gasteiger partial charge in [-0.1, -0.05) is 32.8 Å². The molecule has 1 heterocycles. The Hall–Kier alpha value is -1.89. The van der Waals surface area contributed by atoms with Gasteiger partial charge in [0.2, 0.25) is 0 Å². The zero-order chi connectivity index (χ0) is 23.3. The van der Waals surface area contributed by atoms with Crippen molar-refractivity contribution in [3.63, 3.8) is 0 Å². The first-order valence-corrected chi connectivity index (χ1v) is 12.2. The van der Waals surface area contributed by atoms with Gasteiger partial charge < -0.3 is 20.5 Å². The van der Waals surface area contributed by atoms with Crippen molar-refractivity contribution in [2.24, 2.45) is 22.7 Å². The summed E-state index contributed by atoms with van der Waals surface area (Å²) in [5.41, 5.74) is 0.547. The van der Waals surface area contributed by atoms with E-state index in [0.29, 0.717) is 25.2 Å². The summed E-state index contributed by atoms with van der Waals surface area (Å²) in [5.74, 6) is -0.121. The number of amides is 2. The average Bonchev–Trinajstić information content (AvgIpc) is 3.44. The lowest BCUT2D eigenvalue weighted by molar-refractivity contribution is -0.137. The van der Waals surface area contributed by atoms with Gasteiger partial charge in [0.25, 0.3) is 0 Å². The highest BCUT2D eigenvalue weighted by atomic mass is 16.6. The van der Waals surface area contributed by atoms with E-state index in [2.05, 4.69) is 31.4 Å². The molecule has 1 spiro atoms. The average molecular weight is 447 g/mol. The molecule has 2 saturated carbocycles. The van der Waals surface area contributed by atoms with E-state index in [0.717, 1.165) is 37.7 Å². The molecule has 1 aliphatic heterocycles. The van der Waals surface area contributed by atoms with E-state index in [9.17, 15) is 19.5 Å². The molecule has 7 atom stereocenters. The highest BCUT2D eigenvalue weighted by Gasteiger charge is 2.79. The van der Waals surface area contributed by atoms with Crippen LogP contribution in [-0.4, -0.2) is 47.7 Å². The van der Waals surface area contributed by atoms with Gasteiger partial charge in [0, 0.05) is 37.3 Å². The molecule has 7 nitrogen and oxygen atoms in total. The number of carbonyl (C=O) groups excluding carboxylic acids is 2. The number of hydrogen-bond acceptors (Lipinski definition) is 4. The topological polar surface area (TPSA) is 108 Å². The van der Waals surface area contributed by atoms with Crippen LogP contribution in [0.3, 0.4) is 0 Å². The second kappa shape index (κ2) is 8.15. The molecule has 0 radical (unpaired) electrons. The van der Waals surface area contributed by atoms with Crippen LogP contribution in [0.1, 0.15) is 78.6 Å². The Bertz CT molecular complexity index is 840. The first kappa shape index (κ1) is 23.3. The Kier molecular flexibility index (Phi) is 5.93. The maximum absolute atomic E-state index is 12.4. The minimum Gasteiger partial charge on any atom is -0.481 e. The van der Waals surface area contributed by atoms with Crippen molar-refractivity contribution in [1.29, 1.82) is 0 Å².